The van der Waals surface area contributed by atoms with Crippen LogP contribution in [0.25, 0.3) is 0 Å². The van der Waals surface area contributed by atoms with Gasteiger partial charge < -0.3 is 29.3 Å². The van der Waals surface area contributed by atoms with Crippen LogP contribution in [0.15, 0.2) is 0 Å². The first-order valence-corrected chi connectivity index (χ1v) is 11.7. The van der Waals surface area contributed by atoms with Gasteiger partial charge in [-0.1, -0.05) is 6.42 Å². The van der Waals surface area contributed by atoms with Gasteiger partial charge in [-0.05, 0) is 19.3 Å². The molecule has 156 valence electrons. The maximum Gasteiger partial charge on any atom is 0.315 e. The minimum Gasteiger partial charge on any atom is -0.756 e. The van der Waals surface area contributed by atoms with Crippen LogP contribution in [0.5, 0.6) is 0 Å². The Hall–Kier alpha value is -0.640. The second-order valence-electron chi connectivity index (χ2n) is 6.59. The fourth-order valence-corrected chi connectivity index (χ4v) is 5.12. The predicted octanol–water partition coefficient (Wildman–Crippen LogP) is 1.21. The zero-order chi connectivity index (χ0) is 19.7. The minimum absolute atomic E-state index is 0.0694. The molecule has 4 atom stereocenters. The van der Waals surface area contributed by atoms with Gasteiger partial charge in [0, 0.05) is 37.6 Å². The molecule has 2 aliphatic rings. The van der Waals surface area contributed by atoms with Crippen molar-refractivity contribution in [2.45, 2.75) is 55.9 Å². The van der Waals surface area contributed by atoms with Crippen molar-refractivity contribution in [3.05, 3.63) is 0 Å². The number of unbranched alkanes of at least 4 members (excludes halogenated alkanes) is 1. The van der Waals surface area contributed by atoms with E-state index in [1.54, 1.807) is 0 Å². The van der Waals surface area contributed by atoms with E-state index in [1.165, 1.54) is 0 Å². The highest BCUT2D eigenvalue weighted by atomic mass is 32.2. The van der Waals surface area contributed by atoms with E-state index < -0.39 is 7.82 Å². The van der Waals surface area contributed by atoms with Crippen LogP contribution < -0.4 is 15.5 Å². The van der Waals surface area contributed by atoms with Crippen LogP contribution in [-0.2, 0) is 23.1 Å². The highest BCUT2D eigenvalue weighted by molar-refractivity contribution is 8.00. The molecule has 0 radical (unpaired) electrons. The second kappa shape index (κ2) is 11.4. The van der Waals surface area contributed by atoms with Gasteiger partial charge in [-0.15, -0.1) is 0 Å². The number of Topliss-reactive ketones (excluding diaryl/α,β-unsaturated/α-hetero) is 1. The number of phosphoric ester groups is 1. The lowest BCUT2D eigenvalue weighted by atomic mass is 10.0. The van der Waals surface area contributed by atoms with Crippen molar-refractivity contribution in [2.75, 3.05) is 32.7 Å². The average molecular weight is 423 g/mol. The maximum atomic E-state index is 11.9. The maximum absolute atomic E-state index is 11.9. The smallest absolute Gasteiger partial charge is 0.315 e. The highest BCUT2D eigenvalue weighted by Crippen LogP contribution is 2.36. The summed E-state index contributed by atoms with van der Waals surface area (Å²) in [6, 6.07) is 0.397. The summed E-state index contributed by atoms with van der Waals surface area (Å²) in [5, 5.41) is 6.33. The van der Waals surface area contributed by atoms with E-state index in [9.17, 15) is 19.0 Å². The Morgan fingerprint density at radius 1 is 1.22 bits per heavy atom. The first kappa shape index (κ1) is 22.6. The van der Waals surface area contributed by atoms with Gasteiger partial charge in [0.15, 0.2) is 0 Å². The van der Waals surface area contributed by atoms with Crippen molar-refractivity contribution in [1.82, 2.24) is 10.6 Å². The van der Waals surface area contributed by atoms with Crippen LogP contribution in [0, 0.1) is 0 Å². The number of ether oxygens (including phenoxy) is 1. The lowest BCUT2D eigenvalue weighted by molar-refractivity contribution is -0.223. The van der Waals surface area contributed by atoms with Crippen molar-refractivity contribution in [3.63, 3.8) is 0 Å². The molecule has 2 saturated heterocycles. The minimum atomic E-state index is -4.19. The molecule has 2 heterocycles. The predicted molar refractivity (Wildman–Crippen MR) is 99.6 cm³/mol. The van der Waals surface area contributed by atoms with E-state index >= 15 is 0 Å². The summed E-state index contributed by atoms with van der Waals surface area (Å²) in [5.74, 6) is 1.17. The van der Waals surface area contributed by atoms with E-state index in [1.807, 2.05) is 11.8 Å². The Bertz CT molecular complexity index is 551. The summed E-state index contributed by atoms with van der Waals surface area (Å²) in [6.07, 6.45) is 4.48. The first-order chi connectivity index (χ1) is 12.9. The zero-order valence-electron chi connectivity index (χ0n) is 15.5. The Labute approximate surface area is 163 Å². The number of thioether (sulfide) groups is 1. The zero-order valence-corrected chi connectivity index (χ0v) is 17.2. The Kier molecular flexibility index (Phi) is 9.55. The van der Waals surface area contributed by atoms with Gasteiger partial charge in [0.1, 0.15) is 5.78 Å². The van der Waals surface area contributed by atoms with Crippen molar-refractivity contribution in [2.24, 2.45) is 0 Å². The van der Waals surface area contributed by atoms with E-state index in [4.69, 9.17) is 4.74 Å². The molecule has 2 rings (SSSR count). The molecule has 11 heteroatoms. The fourth-order valence-electron chi connectivity index (χ4n) is 3.17. The van der Waals surface area contributed by atoms with Crippen LogP contribution >= 0.6 is 19.6 Å². The molecule has 0 aromatic rings. The molecular formula is C16H28N2O7PS-. The van der Waals surface area contributed by atoms with Gasteiger partial charge in [-0.3, -0.25) is 9.36 Å². The summed E-state index contributed by atoms with van der Waals surface area (Å²) >= 11 is 1.89. The molecule has 0 aromatic heterocycles. The van der Waals surface area contributed by atoms with Crippen LogP contribution in [0.2, 0.25) is 0 Å². The number of rotatable bonds is 14. The number of urea groups is 1. The SMILES string of the molecule is COP(=O)([O-])OCCOCCCC(=O)CCCCC1SCC2NC(=O)NC21. The molecule has 2 N–H and O–H groups in total. The third-order valence-electron chi connectivity index (χ3n) is 4.58. The first-order valence-electron chi connectivity index (χ1n) is 9.20. The number of hydrogen-bond acceptors (Lipinski definition) is 8. The number of carbonyl (C=O) groups excluding carboxylic acids is 2. The molecular weight excluding hydrogens is 395 g/mol. The molecule has 0 saturated carbocycles. The van der Waals surface area contributed by atoms with Crippen LogP contribution in [0.1, 0.15) is 38.5 Å². The Morgan fingerprint density at radius 3 is 2.78 bits per heavy atom. The van der Waals surface area contributed by atoms with Gasteiger partial charge in [-0.25, -0.2) is 4.79 Å². The standard InChI is InChI=1S/C16H29N2O7PS/c1-23-26(21,22)25-10-9-24-8-4-6-12(19)5-2-3-7-14-15-13(11-27-14)17-16(20)18-15/h13-15H,2-11H2,1H3,(H,21,22)(H2,17,18,20)/p-1. The highest BCUT2D eigenvalue weighted by Gasteiger charge is 2.42. The normalized spacial score (nSPS) is 26.3. The van der Waals surface area contributed by atoms with Crippen LogP contribution in [0.4, 0.5) is 4.79 Å². The van der Waals surface area contributed by atoms with Gasteiger partial charge in [-0.2, -0.15) is 11.8 Å². The Balaban J connectivity index is 1.42. The van der Waals surface area contributed by atoms with Gasteiger partial charge in [0.2, 0.25) is 0 Å². The van der Waals surface area contributed by atoms with Crippen LogP contribution in [0.3, 0.4) is 0 Å². The van der Waals surface area contributed by atoms with Gasteiger partial charge in [0.05, 0.1) is 25.3 Å². The second-order valence-corrected chi connectivity index (χ2v) is 9.38. The van der Waals surface area contributed by atoms with Crippen molar-refractivity contribution >= 4 is 31.4 Å². The number of ketones is 1. The molecule has 0 aromatic carbocycles. The van der Waals surface area contributed by atoms with Gasteiger partial charge >= 0.3 is 6.03 Å². The van der Waals surface area contributed by atoms with Crippen molar-refractivity contribution < 1.29 is 32.8 Å². The monoisotopic (exact) mass is 423 g/mol. The Morgan fingerprint density at radius 2 is 2.00 bits per heavy atom. The third-order valence-corrected chi connectivity index (χ3v) is 7.03. The summed E-state index contributed by atoms with van der Waals surface area (Å²) in [5.41, 5.74) is 0. The molecule has 9 nitrogen and oxygen atoms in total. The van der Waals surface area contributed by atoms with E-state index in [-0.39, 0.29) is 37.1 Å². The molecule has 4 unspecified atom stereocenters. The van der Waals surface area contributed by atoms with Crippen LogP contribution in [-0.4, -0.2) is 61.8 Å². The van der Waals surface area contributed by atoms with Crippen molar-refractivity contribution in [3.8, 4) is 0 Å². The quantitative estimate of drug-likeness (QED) is 0.243. The molecule has 2 fully saturated rings. The number of amides is 2. The molecule has 0 aliphatic carbocycles. The van der Waals surface area contributed by atoms with E-state index in [2.05, 4.69) is 19.7 Å². The number of hydrogen-bond donors (Lipinski definition) is 2. The summed E-state index contributed by atoms with van der Waals surface area (Å²) in [7, 11) is -3.15. The third kappa shape index (κ3) is 8.09. The largest absolute Gasteiger partial charge is 0.756 e. The van der Waals surface area contributed by atoms with Gasteiger partial charge in [0.25, 0.3) is 7.82 Å². The lowest BCUT2D eigenvalue weighted by Crippen LogP contribution is -2.36. The van der Waals surface area contributed by atoms with E-state index in [0.29, 0.717) is 31.1 Å². The average Bonchev–Trinajstić information content (AvgIpc) is 3.17. The number of fused-ring (bicyclic) bond motifs is 1. The number of nitrogens with one attached hydrogen (secondary N) is 2. The molecule has 27 heavy (non-hydrogen) atoms. The fraction of sp³-hybridized carbons (Fsp3) is 0.875. The summed E-state index contributed by atoms with van der Waals surface area (Å²) in [4.78, 5) is 34.1. The lowest BCUT2D eigenvalue weighted by Gasteiger charge is -2.19. The molecule has 0 bridgehead atoms. The van der Waals surface area contributed by atoms with Crippen molar-refractivity contribution in [1.29, 1.82) is 0 Å². The summed E-state index contributed by atoms with van der Waals surface area (Å²) in [6.45, 7) is 0.426. The molecule has 0 spiro atoms. The number of carbonyl (C=O) groups is 2. The molecule has 2 aliphatic heterocycles. The topological polar surface area (TPSA) is 126 Å². The van der Waals surface area contributed by atoms with E-state index in [0.717, 1.165) is 32.1 Å². The number of phosphoric acid groups is 1. The summed E-state index contributed by atoms with van der Waals surface area (Å²) < 4.78 is 24.8. The molecule has 2 amide bonds.